The highest BCUT2D eigenvalue weighted by Crippen LogP contribution is 2.33. The largest absolute Gasteiger partial charge is 0.478 e. The Morgan fingerprint density at radius 3 is 2.27 bits per heavy atom. The van der Waals surface area contributed by atoms with E-state index in [1.54, 1.807) is 24.3 Å². The number of carboxylic acid groups (broad SMARTS) is 1. The molecule has 33 heavy (non-hydrogen) atoms. The topological polar surface area (TPSA) is 90.0 Å². The van der Waals surface area contributed by atoms with Crippen molar-refractivity contribution in [3.8, 4) is 0 Å². The Hall–Kier alpha value is -2.58. The van der Waals surface area contributed by atoms with Gasteiger partial charge in [-0.05, 0) is 61.2 Å². The standard InChI is InChI=1S/C25H33N3O4S/c1-2-27-14-16-28(17-15-27)24-13-10-21(18-23(24)25(29)30)26-33(31,32)22-11-8-20(9-12-22)19-6-4-3-5-7-19/h8-13,18-19,26H,2-7,14-17H2,1H3,(H,29,30). The molecule has 2 aromatic carbocycles. The molecular weight excluding hydrogens is 438 g/mol. The molecule has 0 aromatic heterocycles. The second kappa shape index (κ2) is 10.1. The number of carbonyl (C=O) groups is 1. The minimum absolute atomic E-state index is 0.104. The third-order valence-corrected chi connectivity index (χ3v) is 8.30. The van der Waals surface area contributed by atoms with Gasteiger partial charge in [0.2, 0.25) is 0 Å². The first kappa shape index (κ1) is 23.6. The monoisotopic (exact) mass is 471 g/mol. The third kappa shape index (κ3) is 5.50. The van der Waals surface area contributed by atoms with Crippen LogP contribution in [0.1, 0.15) is 60.9 Å². The minimum atomic E-state index is -3.81. The van der Waals surface area contributed by atoms with Crippen molar-refractivity contribution in [1.29, 1.82) is 0 Å². The van der Waals surface area contributed by atoms with Crippen LogP contribution in [0.5, 0.6) is 0 Å². The lowest BCUT2D eigenvalue weighted by atomic mass is 9.84. The Morgan fingerprint density at radius 1 is 1.00 bits per heavy atom. The predicted molar refractivity (Wildman–Crippen MR) is 131 cm³/mol. The molecule has 1 saturated heterocycles. The molecule has 178 valence electrons. The molecule has 1 saturated carbocycles. The number of rotatable bonds is 7. The molecule has 0 bridgehead atoms. The number of benzene rings is 2. The van der Waals surface area contributed by atoms with E-state index in [1.165, 1.54) is 30.9 Å². The van der Waals surface area contributed by atoms with Crippen molar-refractivity contribution >= 4 is 27.4 Å². The first-order valence-electron chi connectivity index (χ1n) is 11.8. The van der Waals surface area contributed by atoms with Crippen molar-refractivity contribution in [2.75, 3.05) is 42.3 Å². The lowest BCUT2D eigenvalue weighted by Crippen LogP contribution is -2.46. The molecule has 8 heteroatoms. The molecule has 0 unspecified atom stereocenters. The van der Waals surface area contributed by atoms with Crippen LogP contribution >= 0.6 is 0 Å². The van der Waals surface area contributed by atoms with E-state index in [-0.39, 0.29) is 16.1 Å². The van der Waals surface area contributed by atoms with E-state index >= 15 is 0 Å². The van der Waals surface area contributed by atoms with E-state index in [4.69, 9.17) is 0 Å². The van der Waals surface area contributed by atoms with Gasteiger partial charge in [0.05, 0.1) is 16.1 Å². The highest BCUT2D eigenvalue weighted by Gasteiger charge is 2.23. The first-order valence-corrected chi connectivity index (χ1v) is 13.3. The Kier molecular flexibility index (Phi) is 7.24. The molecule has 4 rings (SSSR count). The number of hydrogen-bond donors (Lipinski definition) is 2. The third-order valence-electron chi connectivity index (χ3n) is 6.91. The van der Waals surface area contributed by atoms with Crippen LogP contribution in [0.4, 0.5) is 11.4 Å². The molecule has 2 aromatic rings. The van der Waals surface area contributed by atoms with Crippen LogP contribution in [-0.4, -0.2) is 57.1 Å². The van der Waals surface area contributed by atoms with Crippen molar-refractivity contribution in [2.45, 2.75) is 49.8 Å². The summed E-state index contributed by atoms with van der Waals surface area (Å²) in [4.78, 5) is 16.5. The average Bonchev–Trinajstić information content (AvgIpc) is 2.84. The first-order chi connectivity index (χ1) is 15.9. The van der Waals surface area contributed by atoms with E-state index < -0.39 is 16.0 Å². The quantitative estimate of drug-likeness (QED) is 0.623. The van der Waals surface area contributed by atoms with Crippen molar-refractivity contribution in [3.05, 3.63) is 53.6 Å². The van der Waals surface area contributed by atoms with Gasteiger partial charge in [0, 0.05) is 31.9 Å². The molecule has 2 aliphatic rings. The fraction of sp³-hybridized carbons (Fsp3) is 0.480. The number of aromatic carboxylic acids is 1. The number of hydrogen-bond acceptors (Lipinski definition) is 5. The van der Waals surface area contributed by atoms with Gasteiger partial charge in [-0.1, -0.05) is 38.3 Å². The molecule has 0 amide bonds. The van der Waals surface area contributed by atoms with E-state index in [2.05, 4.69) is 21.4 Å². The normalized spacial score (nSPS) is 18.3. The van der Waals surface area contributed by atoms with Gasteiger partial charge in [0.1, 0.15) is 0 Å². The smallest absolute Gasteiger partial charge is 0.337 e. The average molecular weight is 472 g/mol. The Balaban J connectivity index is 1.50. The van der Waals surface area contributed by atoms with Crippen LogP contribution in [0.2, 0.25) is 0 Å². The van der Waals surface area contributed by atoms with Gasteiger partial charge in [0.15, 0.2) is 0 Å². The van der Waals surface area contributed by atoms with Crippen LogP contribution in [-0.2, 0) is 10.0 Å². The Morgan fingerprint density at radius 2 is 1.67 bits per heavy atom. The van der Waals surface area contributed by atoms with Crippen LogP contribution < -0.4 is 9.62 Å². The summed E-state index contributed by atoms with van der Waals surface area (Å²) in [6.45, 7) is 6.32. The van der Waals surface area contributed by atoms with E-state index in [0.29, 0.717) is 11.6 Å². The van der Waals surface area contributed by atoms with Gasteiger partial charge >= 0.3 is 5.97 Å². The van der Waals surface area contributed by atoms with E-state index in [0.717, 1.165) is 45.6 Å². The second-order valence-corrected chi connectivity index (χ2v) is 10.7. The number of nitrogens with one attached hydrogen (secondary N) is 1. The van der Waals surface area contributed by atoms with Gasteiger partial charge in [-0.15, -0.1) is 0 Å². The fourth-order valence-electron chi connectivity index (χ4n) is 4.92. The van der Waals surface area contributed by atoms with Crippen molar-refractivity contribution in [2.24, 2.45) is 0 Å². The maximum absolute atomic E-state index is 13.0. The summed E-state index contributed by atoms with van der Waals surface area (Å²) in [5.41, 5.74) is 2.17. The van der Waals surface area contributed by atoms with Crippen LogP contribution in [0, 0.1) is 0 Å². The number of piperazine rings is 1. The summed E-state index contributed by atoms with van der Waals surface area (Å²) >= 11 is 0. The molecule has 1 aliphatic carbocycles. The van der Waals surface area contributed by atoms with Crippen LogP contribution in [0.3, 0.4) is 0 Å². The zero-order chi connectivity index (χ0) is 23.4. The van der Waals surface area contributed by atoms with Gasteiger partial charge in [-0.25, -0.2) is 13.2 Å². The molecule has 7 nitrogen and oxygen atoms in total. The maximum Gasteiger partial charge on any atom is 0.337 e. The van der Waals surface area contributed by atoms with Gasteiger partial charge in [-0.2, -0.15) is 0 Å². The molecule has 0 radical (unpaired) electrons. The number of likely N-dealkylation sites (N-methyl/N-ethyl adjacent to an activating group) is 1. The highest BCUT2D eigenvalue weighted by molar-refractivity contribution is 7.92. The zero-order valence-corrected chi connectivity index (χ0v) is 20.0. The van der Waals surface area contributed by atoms with Crippen molar-refractivity contribution in [3.63, 3.8) is 0 Å². The number of nitrogens with zero attached hydrogens (tertiary/aromatic N) is 2. The van der Waals surface area contributed by atoms with Gasteiger partial charge in [0.25, 0.3) is 10.0 Å². The highest BCUT2D eigenvalue weighted by atomic mass is 32.2. The number of sulfonamides is 1. The molecular formula is C25H33N3O4S. The van der Waals surface area contributed by atoms with Crippen LogP contribution in [0.15, 0.2) is 47.4 Å². The maximum atomic E-state index is 13.0. The summed E-state index contributed by atoms with van der Waals surface area (Å²) in [7, 11) is -3.81. The van der Waals surface area contributed by atoms with Crippen molar-refractivity contribution in [1.82, 2.24) is 4.90 Å². The summed E-state index contributed by atoms with van der Waals surface area (Å²) < 4.78 is 28.5. The second-order valence-electron chi connectivity index (χ2n) is 8.97. The molecule has 0 spiro atoms. The van der Waals surface area contributed by atoms with E-state index in [9.17, 15) is 18.3 Å². The lowest BCUT2D eigenvalue weighted by molar-refractivity contribution is 0.0697. The summed E-state index contributed by atoms with van der Waals surface area (Å²) in [5.74, 6) is -0.561. The number of carboxylic acids is 1. The minimum Gasteiger partial charge on any atom is -0.478 e. The van der Waals surface area contributed by atoms with Crippen molar-refractivity contribution < 1.29 is 18.3 Å². The molecule has 1 aliphatic heterocycles. The Labute approximate surface area is 196 Å². The SMILES string of the molecule is CCN1CCN(c2ccc(NS(=O)(=O)c3ccc(C4CCCCC4)cc3)cc2C(=O)O)CC1. The molecule has 0 atom stereocenters. The molecule has 2 N–H and O–H groups in total. The summed E-state index contributed by atoms with van der Waals surface area (Å²) in [5, 5.41) is 9.77. The predicted octanol–water partition coefficient (Wildman–Crippen LogP) is 4.38. The molecule has 1 heterocycles. The van der Waals surface area contributed by atoms with Crippen LogP contribution in [0.25, 0.3) is 0 Å². The Bertz CT molecular complexity index is 1070. The van der Waals surface area contributed by atoms with Gasteiger partial charge < -0.3 is 14.9 Å². The summed E-state index contributed by atoms with van der Waals surface area (Å²) in [6.07, 6.45) is 6.04. The molecule has 2 fully saturated rings. The zero-order valence-electron chi connectivity index (χ0n) is 19.2. The summed E-state index contributed by atoms with van der Waals surface area (Å²) in [6, 6.07) is 11.9. The number of anilines is 2. The fourth-order valence-corrected chi connectivity index (χ4v) is 5.97. The van der Waals surface area contributed by atoms with E-state index in [1.807, 2.05) is 12.1 Å². The lowest BCUT2D eigenvalue weighted by Gasteiger charge is -2.36. The van der Waals surface area contributed by atoms with Gasteiger partial charge in [-0.3, -0.25) is 4.72 Å².